The molecule has 0 saturated carbocycles. The average molecular weight is 290 g/mol. The first kappa shape index (κ1) is 17.7. The van der Waals surface area contributed by atoms with E-state index < -0.39 is 0 Å². The molecule has 1 rings (SSSR count). The van der Waals surface area contributed by atoms with Crippen molar-refractivity contribution in [2.45, 2.75) is 53.5 Å². The predicted octanol–water partition coefficient (Wildman–Crippen LogP) is 4.29. The number of amides is 1. The van der Waals surface area contributed by atoms with Crippen molar-refractivity contribution in [2.24, 2.45) is 5.92 Å². The SMILES string of the molecule is CCCC(C)CC(=O)Nc1cccc(CN(CC)CC)c1. The number of rotatable bonds is 9. The van der Waals surface area contributed by atoms with Crippen LogP contribution in [0.5, 0.6) is 0 Å². The second kappa shape index (κ2) is 9.56. The van der Waals surface area contributed by atoms with Gasteiger partial charge in [-0.05, 0) is 36.7 Å². The largest absolute Gasteiger partial charge is 0.326 e. The van der Waals surface area contributed by atoms with Crippen LogP contribution in [0.25, 0.3) is 0 Å². The summed E-state index contributed by atoms with van der Waals surface area (Å²) in [5.41, 5.74) is 2.16. The van der Waals surface area contributed by atoms with Gasteiger partial charge < -0.3 is 5.32 Å². The van der Waals surface area contributed by atoms with Gasteiger partial charge in [0, 0.05) is 18.7 Å². The van der Waals surface area contributed by atoms with E-state index in [2.05, 4.69) is 50.0 Å². The first-order valence-electron chi connectivity index (χ1n) is 8.20. The number of hydrogen-bond acceptors (Lipinski definition) is 2. The van der Waals surface area contributed by atoms with Crippen molar-refractivity contribution in [3.05, 3.63) is 29.8 Å². The Hall–Kier alpha value is -1.35. The van der Waals surface area contributed by atoms with E-state index in [4.69, 9.17) is 0 Å². The van der Waals surface area contributed by atoms with Gasteiger partial charge in [-0.15, -0.1) is 0 Å². The summed E-state index contributed by atoms with van der Waals surface area (Å²) < 4.78 is 0. The van der Waals surface area contributed by atoms with E-state index >= 15 is 0 Å². The van der Waals surface area contributed by atoms with Gasteiger partial charge in [-0.1, -0.05) is 52.7 Å². The second-order valence-corrected chi connectivity index (χ2v) is 5.81. The number of nitrogens with one attached hydrogen (secondary N) is 1. The Balaban J connectivity index is 2.57. The molecule has 0 saturated heterocycles. The van der Waals surface area contributed by atoms with Crippen LogP contribution in [-0.4, -0.2) is 23.9 Å². The summed E-state index contributed by atoms with van der Waals surface area (Å²) in [6.07, 6.45) is 2.84. The Morgan fingerprint density at radius 3 is 2.57 bits per heavy atom. The molecule has 1 N–H and O–H groups in total. The van der Waals surface area contributed by atoms with Crippen LogP contribution in [0, 0.1) is 5.92 Å². The number of nitrogens with zero attached hydrogens (tertiary/aromatic N) is 1. The van der Waals surface area contributed by atoms with Crippen LogP contribution in [0.1, 0.15) is 52.5 Å². The highest BCUT2D eigenvalue weighted by atomic mass is 16.1. The van der Waals surface area contributed by atoms with Gasteiger partial charge in [0.05, 0.1) is 0 Å². The smallest absolute Gasteiger partial charge is 0.224 e. The van der Waals surface area contributed by atoms with E-state index in [1.54, 1.807) is 0 Å². The Morgan fingerprint density at radius 1 is 1.24 bits per heavy atom. The molecule has 0 bridgehead atoms. The molecule has 0 aliphatic carbocycles. The number of hydrogen-bond donors (Lipinski definition) is 1. The molecule has 3 nitrogen and oxygen atoms in total. The van der Waals surface area contributed by atoms with Gasteiger partial charge in [0.15, 0.2) is 0 Å². The summed E-state index contributed by atoms with van der Waals surface area (Å²) in [7, 11) is 0. The minimum Gasteiger partial charge on any atom is -0.326 e. The molecule has 118 valence electrons. The first-order chi connectivity index (χ1) is 10.1. The van der Waals surface area contributed by atoms with Crippen molar-refractivity contribution in [3.63, 3.8) is 0 Å². The molecule has 1 atom stereocenters. The molecule has 0 aliphatic rings. The molecule has 1 unspecified atom stereocenters. The number of anilines is 1. The second-order valence-electron chi connectivity index (χ2n) is 5.81. The molecule has 1 aromatic rings. The lowest BCUT2D eigenvalue weighted by Crippen LogP contribution is -2.22. The minimum atomic E-state index is 0.121. The van der Waals surface area contributed by atoms with Gasteiger partial charge in [-0.25, -0.2) is 0 Å². The molecule has 0 aliphatic heterocycles. The van der Waals surface area contributed by atoms with Crippen LogP contribution >= 0.6 is 0 Å². The van der Waals surface area contributed by atoms with E-state index in [0.717, 1.165) is 38.2 Å². The van der Waals surface area contributed by atoms with Gasteiger partial charge >= 0.3 is 0 Å². The predicted molar refractivity (Wildman–Crippen MR) is 90.4 cm³/mol. The zero-order valence-corrected chi connectivity index (χ0v) is 14.0. The molecule has 3 heteroatoms. The van der Waals surface area contributed by atoms with Crippen molar-refractivity contribution < 1.29 is 4.79 Å². The normalized spacial score (nSPS) is 12.4. The highest BCUT2D eigenvalue weighted by Crippen LogP contribution is 2.15. The third-order valence-electron chi connectivity index (χ3n) is 3.83. The van der Waals surface area contributed by atoms with E-state index in [-0.39, 0.29) is 5.91 Å². The Kier molecular flexibility index (Phi) is 8.06. The van der Waals surface area contributed by atoms with Crippen LogP contribution in [0.3, 0.4) is 0 Å². The van der Waals surface area contributed by atoms with Crippen LogP contribution in [0.4, 0.5) is 5.69 Å². The molecular formula is C18H30N2O. The van der Waals surface area contributed by atoms with E-state index in [1.165, 1.54) is 5.56 Å². The monoisotopic (exact) mass is 290 g/mol. The maximum Gasteiger partial charge on any atom is 0.224 e. The molecular weight excluding hydrogens is 260 g/mol. The van der Waals surface area contributed by atoms with Crippen molar-refractivity contribution in [2.75, 3.05) is 18.4 Å². The molecule has 0 spiro atoms. The number of carbonyl (C=O) groups excluding carboxylic acids is 1. The lowest BCUT2D eigenvalue weighted by atomic mass is 10.0. The minimum absolute atomic E-state index is 0.121. The van der Waals surface area contributed by atoms with E-state index in [0.29, 0.717) is 12.3 Å². The zero-order valence-electron chi connectivity index (χ0n) is 14.0. The van der Waals surface area contributed by atoms with Crippen LogP contribution < -0.4 is 5.32 Å². The van der Waals surface area contributed by atoms with Gasteiger partial charge in [0.25, 0.3) is 0 Å². The quantitative estimate of drug-likeness (QED) is 0.735. The van der Waals surface area contributed by atoms with E-state index in [1.807, 2.05) is 12.1 Å². The molecule has 0 fully saturated rings. The van der Waals surface area contributed by atoms with Gasteiger partial charge in [-0.3, -0.25) is 9.69 Å². The number of carbonyl (C=O) groups is 1. The van der Waals surface area contributed by atoms with Crippen molar-refractivity contribution in [3.8, 4) is 0 Å². The summed E-state index contributed by atoms with van der Waals surface area (Å²) in [6.45, 7) is 11.7. The van der Waals surface area contributed by atoms with Crippen molar-refractivity contribution in [1.29, 1.82) is 0 Å². The summed E-state index contributed by atoms with van der Waals surface area (Å²) in [5, 5.41) is 3.02. The fourth-order valence-corrected chi connectivity index (χ4v) is 2.58. The fourth-order valence-electron chi connectivity index (χ4n) is 2.58. The summed E-state index contributed by atoms with van der Waals surface area (Å²) >= 11 is 0. The van der Waals surface area contributed by atoms with Crippen molar-refractivity contribution >= 4 is 11.6 Å². The highest BCUT2D eigenvalue weighted by Gasteiger charge is 2.09. The molecule has 1 aromatic carbocycles. The lowest BCUT2D eigenvalue weighted by molar-refractivity contribution is -0.117. The maximum atomic E-state index is 12.0. The Morgan fingerprint density at radius 2 is 1.95 bits per heavy atom. The zero-order chi connectivity index (χ0) is 15.7. The summed E-state index contributed by atoms with van der Waals surface area (Å²) in [4.78, 5) is 14.4. The van der Waals surface area contributed by atoms with Crippen molar-refractivity contribution in [1.82, 2.24) is 4.90 Å². The van der Waals surface area contributed by atoms with Crippen LogP contribution in [0.2, 0.25) is 0 Å². The first-order valence-corrected chi connectivity index (χ1v) is 8.20. The molecule has 21 heavy (non-hydrogen) atoms. The standard InChI is InChI=1S/C18H30N2O/c1-5-9-15(4)12-18(21)19-17-11-8-10-16(13-17)14-20(6-2)7-3/h8,10-11,13,15H,5-7,9,12,14H2,1-4H3,(H,19,21). The summed E-state index contributed by atoms with van der Waals surface area (Å²) in [5.74, 6) is 0.574. The average Bonchev–Trinajstić information content (AvgIpc) is 2.45. The topological polar surface area (TPSA) is 32.3 Å². The molecule has 0 aromatic heterocycles. The fraction of sp³-hybridized carbons (Fsp3) is 0.611. The molecule has 0 radical (unpaired) electrons. The molecule has 0 heterocycles. The highest BCUT2D eigenvalue weighted by molar-refractivity contribution is 5.90. The maximum absolute atomic E-state index is 12.0. The Bertz CT molecular complexity index is 427. The van der Waals surface area contributed by atoms with Gasteiger partial charge in [0.2, 0.25) is 5.91 Å². The van der Waals surface area contributed by atoms with E-state index in [9.17, 15) is 4.79 Å². The third kappa shape index (κ3) is 6.76. The molecule has 1 amide bonds. The van der Waals surface area contributed by atoms with Gasteiger partial charge in [-0.2, -0.15) is 0 Å². The lowest BCUT2D eigenvalue weighted by Gasteiger charge is -2.18. The van der Waals surface area contributed by atoms with Crippen LogP contribution in [0.15, 0.2) is 24.3 Å². The van der Waals surface area contributed by atoms with Gasteiger partial charge in [0.1, 0.15) is 0 Å². The van der Waals surface area contributed by atoms with Crippen LogP contribution in [-0.2, 0) is 11.3 Å². The number of benzene rings is 1. The third-order valence-corrected chi connectivity index (χ3v) is 3.83. The summed E-state index contributed by atoms with van der Waals surface area (Å²) in [6, 6.07) is 8.19. The Labute approximate surface area is 129 Å².